The number of benzene rings is 3. The largest absolute Gasteiger partial charge is 0.478 e. The summed E-state index contributed by atoms with van der Waals surface area (Å²) in [5.41, 5.74) is 6.05. The fourth-order valence-corrected chi connectivity index (χ4v) is 3.78. The molecule has 0 bridgehead atoms. The first-order valence-electron chi connectivity index (χ1n) is 11.1. The Balaban J connectivity index is 1.73. The van der Waals surface area contributed by atoms with Crippen molar-refractivity contribution < 1.29 is 24.0 Å². The second-order valence-corrected chi connectivity index (χ2v) is 7.66. The number of ether oxygens (including phenoxy) is 1. The Hall–Kier alpha value is -4.71. The van der Waals surface area contributed by atoms with Crippen molar-refractivity contribution in [3.8, 4) is 5.75 Å². The van der Waals surface area contributed by atoms with Gasteiger partial charge < -0.3 is 14.4 Å². The van der Waals surface area contributed by atoms with E-state index in [1.807, 2.05) is 54.6 Å². The molecule has 1 aromatic heterocycles. The molecular weight excluding hydrogens is 442 g/mol. The lowest BCUT2D eigenvalue weighted by Crippen LogP contribution is -2.07. The molecular formula is C29H23NO5. The van der Waals surface area contributed by atoms with Crippen molar-refractivity contribution in [1.82, 2.24) is 5.16 Å². The molecule has 4 rings (SSSR count). The maximum Gasteiger partial charge on any atom is 0.382 e. The normalized spacial score (nSPS) is 11.8. The van der Waals surface area contributed by atoms with Gasteiger partial charge in [-0.2, -0.15) is 0 Å². The summed E-state index contributed by atoms with van der Waals surface area (Å²) in [6, 6.07) is 26.7. The van der Waals surface area contributed by atoms with Crippen molar-refractivity contribution in [3.63, 3.8) is 0 Å². The number of aromatic nitrogens is 1. The van der Waals surface area contributed by atoms with Gasteiger partial charge in [-0.3, -0.25) is 0 Å². The highest BCUT2D eigenvalue weighted by atomic mass is 16.6. The molecule has 0 spiro atoms. The summed E-state index contributed by atoms with van der Waals surface area (Å²) < 4.78 is 10.2. The standard InChI is InChI=1S/C29H23NO5/c1-2-25(21-6-4-3-5-7-21)28(22-11-8-20(9-12-22)10-17-27(31)32)23-13-15-24(16-14-23)34-29(33)26-18-19-30-35-26/h3-19H,2H2,1H3,(H,31,32)/b17-10+,28-25-. The Labute approximate surface area is 202 Å². The Kier molecular flexibility index (Phi) is 7.33. The Bertz CT molecular complexity index is 1350. The molecule has 3 aromatic carbocycles. The van der Waals surface area contributed by atoms with Gasteiger partial charge in [0.15, 0.2) is 0 Å². The molecule has 0 aliphatic rings. The maximum absolute atomic E-state index is 12.2. The van der Waals surface area contributed by atoms with Crippen LogP contribution in [0.15, 0.2) is 102 Å². The highest BCUT2D eigenvalue weighted by molar-refractivity contribution is 5.99. The van der Waals surface area contributed by atoms with E-state index in [0.29, 0.717) is 5.75 Å². The van der Waals surface area contributed by atoms with Gasteiger partial charge in [-0.25, -0.2) is 9.59 Å². The molecule has 174 valence electrons. The van der Waals surface area contributed by atoms with E-state index in [9.17, 15) is 9.59 Å². The maximum atomic E-state index is 12.2. The predicted octanol–water partition coefficient (Wildman–Crippen LogP) is 6.36. The number of carboxylic acid groups (broad SMARTS) is 1. The SMILES string of the molecule is CC/C(=C(\c1ccc(/C=C/C(=O)O)cc1)c1ccc(OC(=O)c2ccno2)cc1)c1ccccc1. The number of carboxylic acids is 1. The number of esters is 1. The van der Waals surface area contributed by atoms with Gasteiger partial charge in [0.1, 0.15) is 5.75 Å². The lowest BCUT2D eigenvalue weighted by atomic mass is 9.88. The molecule has 4 aromatic rings. The van der Waals surface area contributed by atoms with Crippen LogP contribution in [0.2, 0.25) is 0 Å². The van der Waals surface area contributed by atoms with Gasteiger partial charge in [-0.1, -0.05) is 78.8 Å². The summed E-state index contributed by atoms with van der Waals surface area (Å²) in [5.74, 6) is -1.18. The zero-order valence-electron chi connectivity index (χ0n) is 19.0. The molecule has 1 heterocycles. The number of hydrogen-bond donors (Lipinski definition) is 1. The summed E-state index contributed by atoms with van der Waals surface area (Å²) in [6.45, 7) is 2.11. The smallest absolute Gasteiger partial charge is 0.382 e. The number of carbonyl (C=O) groups excluding carboxylic acids is 1. The van der Waals surface area contributed by atoms with Gasteiger partial charge in [-0.15, -0.1) is 0 Å². The molecule has 0 aliphatic carbocycles. The molecule has 1 N–H and O–H groups in total. The van der Waals surface area contributed by atoms with Crippen LogP contribution in [-0.4, -0.2) is 22.2 Å². The van der Waals surface area contributed by atoms with Crippen LogP contribution in [0.25, 0.3) is 17.2 Å². The average Bonchev–Trinajstić information content (AvgIpc) is 3.43. The third kappa shape index (κ3) is 5.81. The van der Waals surface area contributed by atoms with E-state index in [1.165, 1.54) is 12.3 Å². The Morgan fingerprint density at radius 2 is 1.54 bits per heavy atom. The predicted molar refractivity (Wildman–Crippen MR) is 134 cm³/mol. The zero-order valence-corrected chi connectivity index (χ0v) is 19.0. The van der Waals surface area contributed by atoms with Crippen LogP contribution >= 0.6 is 0 Å². The van der Waals surface area contributed by atoms with Gasteiger partial charge in [0, 0.05) is 12.1 Å². The minimum atomic E-state index is -0.990. The van der Waals surface area contributed by atoms with Crippen LogP contribution in [0.4, 0.5) is 0 Å². The Morgan fingerprint density at radius 3 is 2.11 bits per heavy atom. The van der Waals surface area contributed by atoms with Crippen LogP contribution in [-0.2, 0) is 4.79 Å². The van der Waals surface area contributed by atoms with Crippen molar-refractivity contribution in [1.29, 1.82) is 0 Å². The lowest BCUT2D eigenvalue weighted by molar-refractivity contribution is -0.131. The minimum absolute atomic E-state index is 0.0315. The van der Waals surface area contributed by atoms with E-state index < -0.39 is 11.9 Å². The first-order chi connectivity index (χ1) is 17.0. The third-order valence-corrected chi connectivity index (χ3v) is 5.39. The van der Waals surface area contributed by atoms with Crippen LogP contribution in [0.3, 0.4) is 0 Å². The van der Waals surface area contributed by atoms with Gasteiger partial charge in [0.25, 0.3) is 0 Å². The van der Waals surface area contributed by atoms with E-state index in [-0.39, 0.29) is 5.76 Å². The molecule has 6 heteroatoms. The van der Waals surface area contributed by atoms with Gasteiger partial charge in [0.05, 0.1) is 6.20 Å². The number of allylic oxidation sites excluding steroid dienone is 1. The van der Waals surface area contributed by atoms with Crippen molar-refractivity contribution >= 4 is 29.2 Å². The fraction of sp³-hybridized carbons (Fsp3) is 0.0690. The topological polar surface area (TPSA) is 89.6 Å². The molecule has 0 amide bonds. The van der Waals surface area contributed by atoms with Crippen molar-refractivity contribution in [2.24, 2.45) is 0 Å². The number of nitrogens with zero attached hydrogens (tertiary/aromatic N) is 1. The molecule has 35 heavy (non-hydrogen) atoms. The van der Waals surface area contributed by atoms with Crippen molar-refractivity contribution in [3.05, 3.63) is 125 Å². The molecule has 0 radical (unpaired) electrons. The van der Waals surface area contributed by atoms with E-state index in [1.54, 1.807) is 18.2 Å². The monoisotopic (exact) mass is 465 g/mol. The zero-order chi connectivity index (χ0) is 24.6. The van der Waals surface area contributed by atoms with E-state index in [4.69, 9.17) is 14.4 Å². The molecule has 0 unspecified atom stereocenters. The second kappa shape index (κ2) is 10.9. The minimum Gasteiger partial charge on any atom is -0.478 e. The molecule has 6 nitrogen and oxygen atoms in total. The van der Waals surface area contributed by atoms with Gasteiger partial charge >= 0.3 is 11.9 Å². The number of rotatable bonds is 8. The van der Waals surface area contributed by atoms with E-state index >= 15 is 0 Å². The summed E-state index contributed by atoms with van der Waals surface area (Å²) >= 11 is 0. The first-order valence-corrected chi connectivity index (χ1v) is 11.1. The Morgan fingerprint density at radius 1 is 0.886 bits per heavy atom. The first kappa shape index (κ1) is 23.4. The van der Waals surface area contributed by atoms with Crippen molar-refractivity contribution in [2.75, 3.05) is 0 Å². The van der Waals surface area contributed by atoms with Crippen LogP contribution in [0.5, 0.6) is 5.75 Å². The lowest BCUT2D eigenvalue weighted by Gasteiger charge is -2.17. The summed E-state index contributed by atoms with van der Waals surface area (Å²) in [4.78, 5) is 23.0. The second-order valence-electron chi connectivity index (χ2n) is 7.66. The third-order valence-electron chi connectivity index (χ3n) is 5.39. The van der Waals surface area contributed by atoms with E-state index in [2.05, 4.69) is 24.2 Å². The summed E-state index contributed by atoms with van der Waals surface area (Å²) in [7, 11) is 0. The van der Waals surface area contributed by atoms with Gasteiger partial charge in [0.2, 0.25) is 5.76 Å². The highest BCUT2D eigenvalue weighted by Gasteiger charge is 2.15. The van der Waals surface area contributed by atoms with Crippen LogP contribution in [0, 0.1) is 0 Å². The molecule has 0 saturated carbocycles. The number of hydrogen-bond acceptors (Lipinski definition) is 5. The van der Waals surface area contributed by atoms with Gasteiger partial charge in [-0.05, 0) is 58.0 Å². The fourth-order valence-electron chi connectivity index (χ4n) is 3.78. The average molecular weight is 466 g/mol. The molecule has 0 aliphatic heterocycles. The van der Waals surface area contributed by atoms with Crippen molar-refractivity contribution in [2.45, 2.75) is 13.3 Å². The molecule has 0 fully saturated rings. The number of aliphatic carboxylic acids is 1. The van der Waals surface area contributed by atoms with Crippen LogP contribution in [0.1, 0.15) is 46.2 Å². The van der Waals surface area contributed by atoms with E-state index in [0.717, 1.165) is 45.9 Å². The summed E-state index contributed by atoms with van der Waals surface area (Å²) in [6.07, 6.45) is 4.86. The summed E-state index contributed by atoms with van der Waals surface area (Å²) in [5, 5.41) is 12.4. The number of carbonyl (C=O) groups is 2. The molecule has 0 saturated heterocycles. The molecule has 0 atom stereocenters. The highest BCUT2D eigenvalue weighted by Crippen LogP contribution is 2.35. The van der Waals surface area contributed by atoms with Crippen LogP contribution < -0.4 is 4.74 Å². The quantitative estimate of drug-likeness (QED) is 0.141.